The average molecular weight is 289 g/mol. The van der Waals surface area contributed by atoms with Crippen LogP contribution in [0.3, 0.4) is 0 Å². The predicted molar refractivity (Wildman–Crippen MR) is 80.8 cm³/mol. The first kappa shape index (κ1) is 15.8. The molecule has 1 aromatic carbocycles. The maximum Gasteiger partial charge on any atom is 0.0335 e. The molecule has 1 heterocycles. The van der Waals surface area contributed by atoms with Gasteiger partial charge < -0.3 is 0 Å². The molecule has 0 atom stereocenters. The second-order valence-electron chi connectivity index (χ2n) is 5.34. The van der Waals surface area contributed by atoms with Crippen molar-refractivity contribution in [3.63, 3.8) is 0 Å². The van der Waals surface area contributed by atoms with Crippen LogP contribution in [-0.4, -0.2) is 42.0 Å². The summed E-state index contributed by atoms with van der Waals surface area (Å²) in [6.07, 6.45) is 2.80. The van der Waals surface area contributed by atoms with Crippen LogP contribution in [0.1, 0.15) is 18.4 Å². The molecule has 1 aliphatic heterocycles. The Balaban J connectivity index is 0.000000810. The van der Waals surface area contributed by atoms with Crippen molar-refractivity contribution in [2.75, 3.05) is 26.7 Å². The van der Waals surface area contributed by atoms with Gasteiger partial charge in [0.2, 0.25) is 0 Å². The zero-order valence-corrected chi connectivity index (χ0v) is 12.5. The van der Waals surface area contributed by atoms with Gasteiger partial charge in [0.05, 0.1) is 0 Å². The van der Waals surface area contributed by atoms with Gasteiger partial charge in [-0.2, -0.15) is 0 Å². The molecule has 0 bridgehead atoms. The number of piperazine rings is 1. The normalized spacial score (nSPS) is 22.1. The van der Waals surface area contributed by atoms with E-state index in [1.54, 1.807) is 0 Å². The van der Waals surface area contributed by atoms with Crippen molar-refractivity contribution in [2.45, 2.75) is 24.9 Å². The molecule has 1 aromatic rings. The minimum absolute atomic E-state index is 0. The lowest BCUT2D eigenvalue weighted by Gasteiger charge is -2.40. The molecule has 0 aromatic heterocycles. The Morgan fingerprint density at radius 3 is 2.33 bits per heavy atom. The smallest absolute Gasteiger partial charge is 0.0335 e. The molecule has 1 spiro atoms. The van der Waals surface area contributed by atoms with Crippen molar-refractivity contribution in [3.8, 4) is 0 Å². The fourth-order valence-corrected chi connectivity index (χ4v) is 2.81. The van der Waals surface area contributed by atoms with E-state index in [0.717, 1.165) is 6.54 Å². The van der Waals surface area contributed by atoms with Crippen LogP contribution >= 0.6 is 24.8 Å². The number of hydrogen-bond acceptors (Lipinski definition) is 2. The van der Waals surface area contributed by atoms with Crippen molar-refractivity contribution in [3.05, 3.63) is 35.9 Å². The van der Waals surface area contributed by atoms with E-state index in [2.05, 4.69) is 47.2 Å². The van der Waals surface area contributed by atoms with Gasteiger partial charge in [0.1, 0.15) is 0 Å². The first-order chi connectivity index (χ1) is 7.78. The standard InChI is InChI=1S/C14H20N2.2ClH/c1-15-9-10-16(12-14(15)7-8-14)11-13-5-3-2-4-6-13;;/h2-6H,7-12H2,1H3;2*1H. The van der Waals surface area contributed by atoms with Crippen LogP contribution in [0, 0.1) is 0 Å². The summed E-state index contributed by atoms with van der Waals surface area (Å²) in [6, 6.07) is 10.8. The lowest BCUT2D eigenvalue weighted by atomic mass is 10.1. The summed E-state index contributed by atoms with van der Waals surface area (Å²) >= 11 is 0. The van der Waals surface area contributed by atoms with E-state index in [1.165, 1.54) is 38.0 Å². The lowest BCUT2D eigenvalue weighted by Crippen LogP contribution is -2.52. The third-order valence-electron chi connectivity index (χ3n) is 4.16. The highest BCUT2D eigenvalue weighted by Gasteiger charge is 2.49. The van der Waals surface area contributed by atoms with Crippen LogP contribution in [-0.2, 0) is 6.54 Å². The van der Waals surface area contributed by atoms with Gasteiger partial charge in [-0.25, -0.2) is 0 Å². The third kappa shape index (κ3) is 3.18. The van der Waals surface area contributed by atoms with Crippen LogP contribution in [0.4, 0.5) is 0 Å². The molecule has 18 heavy (non-hydrogen) atoms. The molecule has 0 unspecified atom stereocenters. The van der Waals surface area contributed by atoms with E-state index in [1.807, 2.05) is 0 Å². The molecule has 1 saturated heterocycles. The van der Waals surface area contributed by atoms with Crippen LogP contribution in [0.5, 0.6) is 0 Å². The number of halogens is 2. The summed E-state index contributed by atoms with van der Waals surface area (Å²) in [5.41, 5.74) is 2.00. The molecule has 0 N–H and O–H groups in total. The second-order valence-corrected chi connectivity index (χ2v) is 5.34. The van der Waals surface area contributed by atoms with E-state index in [-0.39, 0.29) is 24.8 Å². The van der Waals surface area contributed by atoms with Gasteiger partial charge in [0.15, 0.2) is 0 Å². The van der Waals surface area contributed by atoms with Gasteiger partial charge in [0, 0.05) is 31.7 Å². The maximum atomic E-state index is 2.61. The molecule has 1 saturated carbocycles. The van der Waals surface area contributed by atoms with Crippen molar-refractivity contribution >= 4 is 24.8 Å². The summed E-state index contributed by atoms with van der Waals surface area (Å²) in [5, 5.41) is 0. The number of rotatable bonds is 2. The van der Waals surface area contributed by atoms with Gasteiger partial charge in [-0.3, -0.25) is 9.80 Å². The first-order valence-corrected chi connectivity index (χ1v) is 6.26. The van der Waals surface area contributed by atoms with E-state index in [0.29, 0.717) is 5.54 Å². The molecule has 0 amide bonds. The Labute approximate surface area is 122 Å². The topological polar surface area (TPSA) is 6.48 Å². The number of hydrogen-bond donors (Lipinski definition) is 0. The van der Waals surface area contributed by atoms with Gasteiger partial charge >= 0.3 is 0 Å². The Bertz CT molecular complexity index is 365. The Kier molecular flexibility index (Phi) is 5.47. The summed E-state index contributed by atoms with van der Waals surface area (Å²) in [7, 11) is 2.28. The van der Waals surface area contributed by atoms with Crippen molar-refractivity contribution in [1.29, 1.82) is 0 Å². The molecule has 2 fully saturated rings. The quantitative estimate of drug-likeness (QED) is 0.826. The van der Waals surface area contributed by atoms with E-state index >= 15 is 0 Å². The second kappa shape index (κ2) is 6.25. The highest BCUT2D eigenvalue weighted by molar-refractivity contribution is 5.85. The molecule has 102 valence electrons. The zero-order chi connectivity index (χ0) is 11.0. The Hall–Kier alpha value is -0.280. The van der Waals surface area contributed by atoms with Crippen molar-refractivity contribution in [2.24, 2.45) is 0 Å². The highest BCUT2D eigenvalue weighted by Crippen LogP contribution is 2.43. The molecular weight excluding hydrogens is 267 g/mol. The predicted octanol–water partition coefficient (Wildman–Crippen LogP) is 2.81. The first-order valence-electron chi connectivity index (χ1n) is 6.26. The molecule has 2 nitrogen and oxygen atoms in total. The SMILES string of the molecule is CN1CCN(Cc2ccccc2)CC12CC2.Cl.Cl. The minimum Gasteiger partial charge on any atom is -0.298 e. The van der Waals surface area contributed by atoms with Gasteiger partial charge in [-0.15, -0.1) is 24.8 Å². The van der Waals surface area contributed by atoms with Gasteiger partial charge in [-0.05, 0) is 25.5 Å². The number of nitrogens with zero attached hydrogens (tertiary/aromatic N) is 2. The average Bonchev–Trinajstić information content (AvgIpc) is 3.06. The molecular formula is C14H22Cl2N2. The lowest BCUT2D eigenvalue weighted by molar-refractivity contribution is 0.0758. The molecule has 1 aliphatic carbocycles. The molecule has 3 rings (SSSR count). The van der Waals surface area contributed by atoms with Crippen molar-refractivity contribution < 1.29 is 0 Å². The van der Waals surface area contributed by atoms with Crippen molar-refractivity contribution in [1.82, 2.24) is 9.80 Å². The Morgan fingerprint density at radius 1 is 1.06 bits per heavy atom. The highest BCUT2D eigenvalue weighted by atomic mass is 35.5. The largest absolute Gasteiger partial charge is 0.298 e. The van der Waals surface area contributed by atoms with E-state index in [9.17, 15) is 0 Å². The summed E-state index contributed by atoms with van der Waals surface area (Å²) < 4.78 is 0. The van der Waals surface area contributed by atoms with Gasteiger partial charge in [-0.1, -0.05) is 30.3 Å². The third-order valence-corrected chi connectivity index (χ3v) is 4.16. The monoisotopic (exact) mass is 288 g/mol. The maximum absolute atomic E-state index is 2.61. The van der Waals surface area contributed by atoms with E-state index in [4.69, 9.17) is 0 Å². The summed E-state index contributed by atoms with van der Waals surface area (Å²) in [5.74, 6) is 0. The summed E-state index contributed by atoms with van der Waals surface area (Å²) in [6.45, 7) is 4.83. The zero-order valence-electron chi connectivity index (χ0n) is 10.8. The van der Waals surface area contributed by atoms with Crippen LogP contribution < -0.4 is 0 Å². The molecule has 4 heteroatoms. The van der Waals surface area contributed by atoms with Crippen LogP contribution in [0.2, 0.25) is 0 Å². The van der Waals surface area contributed by atoms with E-state index < -0.39 is 0 Å². The van der Waals surface area contributed by atoms with Crippen LogP contribution in [0.15, 0.2) is 30.3 Å². The fourth-order valence-electron chi connectivity index (χ4n) is 2.81. The summed E-state index contributed by atoms with van der Waals surface area (Å²) in [4.78, 5) is 5.18. The Morgan fingerprint density at radius 2 is 1.72 bits per heavy atom. The molecule has 0 radical (unpaired) electrons. The minimum atomic E-state index is 0. The number of likely N-dealkylation sites (N-methyl/N-ethyl adjacent to an activating group) is 1. The fraction of sp³-hybridized carbons (Fsp3) is 0.571. The number of benzene rings is 1. The van der Waals surface area contributed by atoms with Crippen LogP contribution in [0.25, 0.3) is 0 Å². The van der Waals surface area contributed by atoms with Gasteiger partial charge in [0.25, 0.3) is 0 Å². The molecule has 2 aliphatic rings.